The summed E-state index contributed by atoms with van der Waals surface area (Å²) in [4.78, 5) is 16.5. The molecule has 104 valence electrons. The fourth-order valence-electron chi connectivity index (χ4n) is 2.51. The van der Waals surface area contributed by atoms with Crippen LogP contribution in [0.25, 0.3) is 0 Å². The molecule has 1 N–H and O–H groups in total. The van der Waals surface area contributed by atoms with Gasteiger partial charge in [0.05, 0.1) is 12.8 Å². The largest absolute Gasteiger partial charge is 0.465 e. The van der Waals surface area contributed by atoms with Crippen molar-refractivity contribution < 1.29 is 9.53 Å². The monoisotopic (exact) mass is 288 g/mol. The quantitative estimate of drug-likeness (QED) is 0.879. The fraction of sp³-hybridized carbons (Fsp3) is 0.333. The van der Waals surface area contributed by atoms with Crippen LogP contribution in [0.2, 0.25) is 0 Å². The zero-order valence-electron chi connectivity index (χ0n) is 11.5. The highest BCUT2D eigenvalue weighted by Gasteiger charge is 2.16. The third-order valence-electron chi connectivity index (χ3n) is 3.52. The highest BCUT2D eigenvalue weighted by atomic mass is 32.1. The highest BCUT2D eigenvalue weighted by Crippen LogP contribution is 2.29. The van der Waals surface area contributed by atoms with E-state index in [1.165, 1.54) is 42.4 Å². The summed E-state index contributed by atoms with van der Waals surface area (Å²) in [5, 5.41) is 4.00. The Morgan fingerprint density at radius 3 is 2.95 bits per heavy atom. The molecule has 0 saturated heterocycles. The molecule has 0 atom stereocenters. The number of fused-ring (bicyclic) bond motifs is 1. The Bertz CT molecular complexity index is 664. The molecular weight excluding hydrogens is 272 g/mol. The van der Waals surface area contributed by atoms with Gasteiger partial charge in [-0.15, -0.1) is 0 Å². The summed E-state index contributed by atoms with van der Waals surface area (Å²) in [6.07, 6.45) is 3.56. The molecule has 5 heteroatoms. The molecule has 2 aromatic rings. The van der Waals surface area contributed by atoms with Crippen molar-refractivity contribution in [3.63, 3.8) is 0 Å². The first kappa shape index (κ1) is 13.1. The van der Waals surface area contributed by atoms with Gasteiger partial charge in [0.25, 0.3) is 0 Å². The van der Waals surface area contributed by atoms with Gasteiger partial charge in [-0.1, -0.05) is 17.4 Å². The van der Waals surface area contributed by atoms with Crippen LogP contribution < -0.4 is 5.32 Å². The Morgan fingerprint density at radius 1 is 1.35 bits per heavy atom. The van der Waals surface area contributed by atoms with E-state index in [4.69, 9.17) is 4.74 Å². The van der Waals surface area contributed by atoms with Crippen LogP contribution in [0, 0.1) is 6.92 Å². The number of aromatic nitrogens is 1. The average Bonchev–Trinajstić information content (AvgIpc) is 3.04. The van der Waals surface area contributed by atoms with Crippen LogP contribution in [0.4, 0.5) is 10.8 Å². The van der Waals surface area contributed by atoms with Crippen molar-refractivity contribution in [1.82, 2.24) is 4.98 Å². The van der Waals surface area contributed by atoms with E-state index >= 15 is 0 Å². The third-order valence-corrected chi connectivity index (χ3v) is 4.57. The number of esters is 1. The lowest BCUT2D eigenvalue weighted by atomic mass is 10.1. The van der Waals surface area contributed by atoms with E-state index in [-0.39, 0.29) is 5.97 Å². The van der Waals surface area contributed by atoms with Gasteiger partial charge in [-0.25, -0.2) is 9.78 Å². The number of hydrogen-bond acceptors (Lipinski definition) is 5. The number of aryl methyl sites for hydroxylation is 3. The second-order valence-corrected chi connectivity index (χ2v) is 5.89. The van der Waals surface area contributed by atoms with Crippen molar-refractivity contribution in [2.45, 2.75) is 26.2 Å². The Kier molecular flexibility index (Phi) is 3.44. The van der Waals surface area contributed by atoms with Gasteiger partial charge in [-0.05, 0) is 49.4 Å². The van der Waals surface area contributed by atoms with E-state index in [2.05, 4.69) is 28.5 Å². The first-order chi connectivity index (χ1) is 9.67. The molecule has 1 aliphatic carbocycles. The van der Waals surface area contributed by atoms with Crippen molar-refractivity contribution in [2.24, 2.45) is 0 Å². The lowest BCUT2D eigenvalue weighted by molar-refractivity contribution is 0.0605. The van der Waals surface area contributed by atoms with Crippen molar-refractivity contribution in [1.29, 1.82) is 0 Å². The van der Waals surface area contributed by atoms with Crippen LogP contribution in [-0.2, 0) is 17.6 Å². The number of rotatable bonds is 3. The van der Waals surface area contributed by atoms with Gasteiger partial charge in [-0.2, -0.15) is 0 Å². The van der Waals surface area contributed by atoms with Gasteiger partial charge in [0, 0.05) is 5.69 Å². The number of hydrogen-bond donors (Lipinski definition) is 1. The average molecular weight is 288 g/mol. The van der Waals surface area contributed by atoms with Gasteiger partial charge in [-0.3, -0.25) is 0 Å². The van der Waals surface area contributed by atoms with E-state index in [0.29, 0.717) is 10.6 Å². The van der Waals surface area contributed by atoms with Crippen molar-refractivity contribution in [3.8, 4) is 0 Å². The second-order valence-electron chi connectivity index (χ2n) is 4.89. The fourth-order valence-corrected chi connectivity index (χ4v) is 3.41. The molecule has 0 radical (unpaired) electrons. The number of nitrogens with zero attached hydrogens (tertiary/aromatic N) is 1. The Labute approximate surface area is 121 Å². The summed E-state index contributed by atoms with van der Waals surface area (Å²) < 4.78 is 4.74. The summed E-state index contributed by atoms with van der Waals surface area (Å²) in [6.45, 7) is 1.82. The molecule has 3 rings (SSSR count). The van der Waals surface area contributed by atoms with Crippen LogP contribution >= 0.6 is 11.3 Å². The smallest absolute Gasteiger partial charge is 0.350 e. The minimum Gasteiger partial charge on any atom is -0.465 e. The number of benzene rings is 1. The van der Waals surface area contributed by atoms with E-state index in [1.807, 2.05) is 6.92 Å². The third kappa shape index (κ3) is 2.41. The van der Waals surface area contributed by atoms with Crippen LogP contribution in [-0.4, -0.2) is 18.1 Å². The maximum absolute atomic E-state index is 11.6. The van der Waals surface area contributed by atoms with Crippen LogP contribution in [0.5, 0.6) is 0 Å². The minimum atomic E-state index is -0.331. The standard InChI is InChI=1S/C15H16N2O2S/c1-9-13(14(18)19-2)20-15(16-9)17-12-7-6-10-4-3-5-11(10)8-12/h6-8H,3-5H2,1-2H3,(H,16,17). The first-order valence-electron chi connectivity index (χ1n) is 6.62. The summed E-state index contributed by atoms with van der Waals surface area (Å²) >= 11 is 1.32. The Morgan fingerprint density at radius 2 is 2.15 bits per heavy atom. The van der Waals surface area contributed by atoms with Gasteiger partial charge in [0.1, 0.15) is 4.88 Å². The summed E-state index contributed by atoms with van der Waals surface area (Å²) in [5.74, 6) is -0.331. The first-order valence-corrected chi connectivity index (χ1v) is 7.43. The Hall–Kier alpha value is -1.88. The predicted octanol–water partition coefficient (Wildman–Crippen LogP) is 3.47. The molecule has 0 aliphatic heterocycles. The maximum Gasteiger partial charge on any atom is 0.350 e. The number of carbonyl (C=O) groups is 1. The Balaban J connectivity index is 1.83. The number of carbonyl (C=O) groups excluding carboxylic acids is 1. The molecule has 0 unspecified atom stereocenters. The van der Waals surface area contributed by atoms with E-state index in [9.17, 15) is 4.79 Å². The molecule has 0 fully saturated rings. The van der Waals surface area contributed by atoms with Crippen LogP contribution in [0.3, 0.4) is 0 Å². The molecule has 1 heterocycles. The maximum atomic E-state index is 11.6. The lowest BCUT2D eigenvalue weighted by Crippen LogP contribution is -1.99. The summed E-state index contributed by atoms with van der Waals surface area (Å²) in [6, 6.07) is 6.42. The van der Waals surface area contributed by atoms with Crippen LogP contribution in [0.1, 0.15) is 32.9 Å². The molecule has 1 aliphatic rings. The van der Waals surface area contributed by atoms with Gasteiger partial charge < -0.3 is 10.1 Å². The number of methoxy groups -OCH3 is 1. The van der Waals surface area contributed by atoms with Crippen LogP contribution in [0.15, 0.2) is 18.2 Å². The molecule has 0 amide bonds. The molecule has 20 heavy (non-hydrogen) atoms. The SMILES string of the molecule is COC(=O)c1sc(Nc2ccc3c(c2)CCC3)nc1C. The molecule has 1 aromatic carbocycles. The van der Waals surface area contributed by atoms with Gasteiger partial charge in [0.15, 0.2) is 5.13 Å². The topological polar surface area (TPSA) is 51.2 Å². The number of ether oxygens (including phenoxy) is 1. The van der Waals surface area contributed by atoms with Crippen molar-refractivity contribution in [3.05, 3.63) is 39.9 Å². The molecular formula is C15H16N2O2S. The van der Waals surface area contributed by atoms with E-state index in [0.717, 1.165) is 17.2 Å². The second kappa shape index (κ2) is 5.25. The lowest BCUT2D eigenvalue weighted by Gasteiger charge is -2.05. The van der Waals surface area contributed by atoms with Gasteiger partial charge >= 0.3 is 5.97 Å². The molecule has 4 nitrogen and oxygen atoms in total. The number of nitrogens with one attached hydrogen (secondary N) is 1. The van der Waals surface area contributed by atoms with Crippen molar-refractivity contribution in [2.75, 3.05) is 12.4 Å². The molecule has 0 saturated carbocycles. The number of anilines is 2. The summed E-state index contributed by atoms with van der Waals surface area (Å²) in [7, 11) is 1.38. The molecule has 0 bridgehead atoms. The number of thiazole rings is 1. The molecule has 1 aromatic heterocycles. The zero-order valence-corrected chi connectivity index (χ0v) is 12.3. The normalized spacial score (nSPS) is 13.1. The van der Waals surface area contributed by atoms with Crippen molar-refractivity contribution >= 4 is 28.1 Å². The molecule has 0 spiro atoms. The van der Waals surface area contributed by atoms with E-state index < -0.39 is 0 Å². The highest BCUT2D eigenvalue weighted by molar-refractivity contribution is 7.17. The van der Waals surface area contributed by atoms with Gasteiger partial charge in [0.2, 0.25) is 0 Å². The zero-order chi connectivity index (χ0) is 14.1. The van der Waals surface area contributed by atoms with E-state index in [1.54, 1.807) is 0 Å². The predicted molar refractivity (Wildman–Crippen MR) is 79.9 cm³/mol. The summed E-state index contributed by atoms with van der Waals surface area (Å²) in [5.41, 5.74) is 4.58. The minimum absolute atomic E-state index is 0.331.